The molecule has 1 unspecified atom stereocenters. The Morgan fingerprint density at radius 2 is 2.33 bits per heavy atom. The lowest BCUT2D eigenvalue weighted by Crippen LogP contribution is -2.24. The third-order valence-corrected chi connectivity index (χ3v) is 3.33. The van der Waals surface area contributed by atoms with Crippen LogP contribution in [-0.2, 0) is 20.0 Å². The summed E-state index contributed by atoms with van der Waals surface area (Å²) in [5, 5.41) is 14.5. The molecule has 2 aromatic rings. The molecule has 0 aliphatic carbocycles. The fourth-order valence-corrected chi connectivity index (χ4v) is 2.18. The van der Waals surface area contributed by atoms with Crippen molar-refractivity contribution in [3.63, 3.8) is 0 Å². The standard InChI is InChI=1S/C12H17N8S/c1-9(21)19-4-3-10(7-19)5-12-14-17-20(16-12)8-11-6-13-18(2)15-11/h3-4,6-7,9H,5,8H2,1-2H3,(H2-,13,14,15,16,17,21)/q-1. The molecule has 0 spiro atoms. The van der Waals surface area contributed by atoms with Crippen molar-refractivity contribution in [3.8, 4) is 0 Å². The van der Waals surface area contributed by atoms with Gasteiger partial charge in [-0.05, 0) is 30.8 Å². The number of thiol groups is 1. The molecule has 1 aliphatic heterocycles. The molecule has 0 fully saturated rings. The summed E-state index contributed by atoms with van der Waals surface area (Å²) in [6.45, 7) is 2.55. The number of aromatic nitrogens is 4. The van der Waals surface area contributed by atoms with E-state index in [0.29, 0.717) is 13.0 Å². The highest BCUT2D eigenvalue weighted by Crippen LogP contribution is 2.15. The lowest BCUT2D eigenvalue weighted by molar-refractivity contribution is 0.232. The summed E-state index contributed by atoms with van der Waals surface area (Å²) in [6, 6.07) is 2.05. The quantitative estimate of drug-likeness (QED) is 0.815. The SMILES string of the molecule is CC(S)n1ccc(CC2=NN(Cc3cnn(C)n3)N[N-]2)c1. The number of nitrogens with zero attached hydrogens (tertiary/aromatic N) is 7. The van der Waals surface area contributed by atoms with Gasteiger partial charge >= 0.3 is 0 Å². The van der Waals surface area contributed by atoms with Gasteiger partial charge in [0.2, 0.25) is 0 Å². The Balaban J connectivity index is 1.60. The molecule has 3 heterocycles. The topological polar surface area (TPSA) is 77.4 Å². The van der Waals surface area contributed by atoms with E-state index in [0.717, 1.165) is 17.1 Å². The van der Waals surface area contributed by atoms with Gasteiger partial charge < -0.3 is 20.2 Å². The molecule has 1 N–H and O–H groups in total. The summed E-state index contributed by atoms with van der Waals surface area (Å²) < 4.78 is 2.04. The van der Waals surface area contributed by atoms with Crippen molar-refractivity contribution in [2.75, 3.05) is 0 Å². The van der Waals surface area contributed by atoms with Crippen molar-refractivity contribution in [1.29, 1.82) is 0 Å². The summed E-state index contributed by atoms with van der Waals surface area (Å²) in [5.41, 5.74) is 9.07. The van der Waals surface area contributed by atoms with Crippen molar-refractivity contribution in [2.24, 2.45) is 12.1 Å². The molecule has 21 heavy (non-hydrogen) atoms. The van der Waals surface area contributed by atoms with E-state index in [9.17, 15) is 0 Å². The largest absolute Gasteiger partial charge is 0.386 e. The minimum atomic E-state index is 0.160. The smallest absolute Gasteiger partial charge is 0.103 e. The summed E-state index contributed by atoms with van der Waals surface area (Å²) in [4.78, 5) is 1.52. The molecule has 0 bridgehead atoms. The predicted octanol–water partition coefficient (Wildman–Crippen LogP) is 1.23. The Hall–Kier alpha value is -2.00. The van der Waals surface area contributed by atoms with E-state index in [-0.39, 0.29) is 5.37 Å². The van der Waals surface area contributed by atoms with Crippen LogP contribution in [0.15, 0.2) is 29.8 Å². The number of hydrogen-bond acceptors (Lipinski definition) is 6. The lowest BCUT2D eigenvalue weighted by Gasteiger charge is -2.18. The molecule has 8 nitrogen and oxygen atoms in total. The highest BCUT2D eigenvalue weighted by Gasteiger charge is 2.08. The normalized spacial score (nSPS) is 16.0. The van der Waals surface area contributed by atoms with Crippen LogP contribution in [0.1, 0.15) is 23.6 Å². The van der Waals surface area contributed by atoms with Gasteiger partial charge in [-0.2, -0.15) is 27.6 Å². The Morgan fingerprint density at radius 3 is 3.00 bits per heavy atom. The van der Waals surface area contributed by atoms with Crippen LogP contribution in [-0.4, -0.2) is 30.5 Å². The van der Waals surface area contributed by atoms with E-state index in [1.165, 1.54) is 4.80 Å². The minimum Gasteiger partial charge on any atom is -0.386 e. The molecule has 0 saturated heterocycles. The molecular formula is C12H17N8S-. The van der Waals surface area contributed by atoms with Crippen LogP contribution in [0, 0.1) is 0 Å². The first-order valence-corrected chi connectivity index (χ1v) is 7.13. The Bertz CT molecular complexity index is 643. The van der Waals surface area contributed by atoms with E-state index in [1.54, 1.807) is 18.4 Å². The van der Waals surface area contributed by atoms with Gasteiger partial charge in [0.05, 0.1) is 18.1 Å². The van der Waals surface area contributed by atoms with Gasteiger partial charge in [0.1, 0.15) is 5.69 Å². The number of hydrazine groups is 1. The summed E-state index contributed by atoms with van der Waals surface area (Å²) in [5.74, 6) is 0.739. The van der Waals surface area contributed by atoms with E-state index >= 15 is 0 Å². The van der Waals surface area contributed by atoms with Crippen molar-refractivity contribution < 1.29 is 0 Å². The highest BCUT2D eigenvalue weighted by atomic mass is 32.1. The molecule has 1 aliphatic rings. The van der Waals surface area contributed by atoms with Gasteiger partial charge in [-0.1, -0.05) is 0 Å². The average Bonchev–Trinajstić information content (AvgIpc) is 3.13. The van der Waals surface area contributed by atoms with Crippen LogP contribution < -0.4 is 5.53 Å². The summed E-state index contributed by atoms with van der Waals surface area (Å²) >= 11 is 4.40. The third kappa shape index (κ3) is 3.37. The van der Waals surface area contributed by atoms with Crippen LogP contribution in [0.5, 0.6) is 0 Å². The summed E-state index contributed by atoms with van der Waals surface area (Å²) in [7, 11) is 1.78. The molecule has 112 valence electrons. The maximum atomic E-state index is 4.41. The molecule has 2 aromatic heterocycles. The van der Waals surface area contributed by atoms with Crippen molar-refractivity contribution in [1.82, 2.24) is 30.2 Å². The van der Waals surface area contributed by atoms with Gasteiger partial charge in [0.15, 0.2) is 0 Å². The zero-order valence-corrected chi connectivity index (χ0v) is 12.8. The predicted molar refractivity (Wildman–Crippen MR) is 82.3 cm³/mol. The zero-order valence-electron chi connectivity index (χ0n) is 11.9. The van der Waals surface area contributed by atoms with Gasteiger partial charge in [0.25, 0.3) is 0 Å². The first kappa shape index (κ1) is 14.0. The monoisotopic (exact) mass is 305 g/mol. The molecule has 0 saturated carbocycles. The second-order valence-corrected chi connectivity index (χ2v) is 5.63. The number of amidine groups is 1. The van der Waals surface area contributed by atoms with Gasteiger partial charge in [-0.25, -0.2) is 5.53 Å². The first-order chi connectivity index (χ1) is 10.1. The average molecular weight is 305 g/mol. The van der Waals surface area contributed by atoms with Crippen LogP contribution in [0.3, 0.4) is 0 Å². The Morgan fingerprint density at radius 1 is 1.48 bits per heavy atom. The van der Waals surface area contributed by atoms with Gasteiger partial charge in [-0.15, -0.1) is 0 Å². The third-order valence-electron chi connectivity index (χ3n) is 3.06. The second-order valence-electron chi connectivity index (χ2n) is 4.89. The van der Waals surface area contributed by atoms with Crippen LogP contribution in [0.4, 0.5) is 0 Å². The van der Waals surface area contributed by atoms with Crippen LogP contribution in [0.2, 0.25) is 0 Å². The number of nitrogens with one attached hydrogen (secondary N) is 1. The molecule has 0 aromatic carbocycles. The molecule has 9 heteroatoms. The fraction of sp³-hybridized carbons (Fsp3) is 0.417. The van der Waals surface area contributed by atoms with Crippen molar-refractivity contribution in [2.45, 2.75) is 25.3 Å². The maximum absolute atomic E-state index is 4.41. The molecular weight excluding hydrogens is 288 g/mol. The maximum Gasteiger partial charge on any atom is 0.103 e. The van der Waals surface area contributed by atoms with Gasteiger partial charge in [0, 0.05) is 19.4 Å². The molecule has 3 rings (SSSR count). The Labute approximate surface area is 128 Å². The molecule has 1 atom stereocenters. The number of hydrazone groups is 1. The van der Waals surface area contributed by atoms with E-state index in [1.807, 2.05) is 17.7 Å². The van der Waals surface area contributed by atoms with Crippen molar-refractivity contribution in [3.05, 3.63) is 41.3 Å². The van der Waals surface area contributed by atoms with E-state index < -0.39 is 0 Å². The first-order valence-electron chi connectivity index (χ1n) is 6.61. The zero-order chi connectivity index (χ0) is 14.8. The van der Waals surface area contributed by atoms with E-state index in [4.69, 9.17) is 0 Å². The number of rotatable bonds is 5. The van der Waals surface area contributed by atoms with E-state index in [2.05, 4.69) is 51.2 Å². The number of aryl methyl sites for hydroxylation is 1. The minimum absolute atomic E-state index is 0.160. The lowest BCUT2D eigenvalue weighted by atomic mass is 10.2. The highest BCUT2D eigenvalue weighted by molar-refractivity contribution is 7.80. The number of hydrogen-bond donors (Lipinski definition) is 2. The van der Waals surface area contributed by atoms with Crippen LogP contribution >= 0.6 is 12.6 Å². The molecule has 0 amide bonds. The summed E-state index contributed by atoms with van der Waals surface area (Å²) in [6.07, 6.45) is 6.45. The van der Waals surface area contributed by atoms with Crippen LogP contribution in [0.25, 0.3) is 5.43 Å². The van der Waals surface area contributed by atoms with Gasteiger partial charge in [-0.3, -0.25) is 0 Å². The fourth-order valence-electron chi connectivity index (χ4n) is 2.04. The Kier molecular flexibility index (Phi) is 3.84. The second kappa shape index (κ2) is 5.78. The van der Waals surface area contributed by atoms with Crippen molar-refractivity contribution >= 4 is 18.5 Å². The molecule has 0 radical (unpaired) electrons.